The molecule has 0 saturated heterocycles. The highest BCUT2D eigenvalue weighted by molar-refractivity contribution is 7.99. The summed E-state index contributed by atoms with van der Waals surface area (Å²) in [6.45, 7) is 11.4. The molecule has 6 heteroatoms. The molecule has 0 aliphatic heterocycles. The second-order valence-corrected chi connectivity index (χ2v) is 8.97. The van der Waals surface area contributed by atoms with Gasteiger partial charge in [-0.15, -0.1) is 10.2 Å². The van der Waals surface area contributed by atoms with Crippen molar-refractivity contribution in [2.24, 2.45) is 0 Å². The first-order chi connectivity index (χ1) is 13.8. The fourth-order valence-corrected chi connectivity index (χ4v) is 3.85. The third-order valence-electron chi connectivity index (χ3n) is 4.79. The van der Waals surface area contributed by atoms with Gasteiger partial charge in [-0.1, -0.05) is 75.0 Å². The maximum absolute atomic E-state index is 12.4. The number of carbonyl (C=O) groups excluding carboxylic acids is 1. The second kappa shape index (κ2) is 8.82. The summed E-state index contributed by atoms with van der Waals surface area (Å²) in [7, 11) is 0. The molecule has 3 rings (SSSR count). The van der Waals surface area contributed by atoms with Crippen LogP contribution in [-0.2, 0) is 16.8 Å². The summed E-state index contributed by atoms with van der Waals surface area (Å²) in [4.78, 5) is 12.4. The number of para-hydroxylation sites is 1. The zero-order valence-corrected chi connectivity index (χ0v) is 18.5. The lowest BCUT2D eigenvalue weighted by Crippen LogP contribution is -2.15. The fraction of sp³-hybridized carbons (Fsp3) is 0.348. The Bertz CT molecular complexity index is 987. The number of nitrogens with zero attached hydrogens (tertiary/aromatic N) is 3. The molecule has 1 heterocycles. The van der Waals surface area contributed by atoms with Gasteiger partial charge in [0.25, 0.3) is 0 Å². The van der Waals surface area contributed by atoms with Gasteiger partial charge in [-0.3, -0.25) is 4.79 Å². The summed E-state index contributed by atoms with van der Waals surface area (Å²) in [5.74, 6) is 1.07. The van der Waals surface area contributed by atoms with E-state index < -0.39 is 0 Å². The van der Waals surface area contributed by atoms with E-state index in [0.29, 0.717) is 0 Å². The van der Waals surface area contributed by atoms with E-state index in [-0.39, 0.29) is 17.1 Å². The van der Waals surface area contributed by atoms with Crippen LogP contribution in [0.3, 0.4) is 0 Å². The number of aromatic nitrogens is 3. The Labute approximate surface area is 176 Å². The van der Waals surface area contributed by atoms with Crippen LogP contribution in [-0.4, -0.2) is 26.4 Å². The number of rotatable bonds is 6. The third kappa shape index (κ3) is 5.07. The first-order valence-electron chi connectivity index (χ1n) is 9.82. The lowest BCUT2D eigenvalue weighted by Gasteiger charge is -2.19. The van der Waals surface area contributed by atoms with Gasteiger partial charge in [0, 0.05) is 17.8 Å². The number of anilines is 1. The summed E-state index contributed by atoms with van der Waals surface area (Å²) < 4.78 is 2.05. The average molecular weight is 409 g/mol. The lowest BCUT2D eigenvalue weighted by molar-refractivity contribution is -0.113. The lowest BCUT2D eigenvalue weighted by atomic mass is 9.87. The molecule has 0 aliphatic rings. The Hall–Kier alpha value is -2.60. The van der Waals surface area contributed by atoms with Gasteiger partial charge < -0.3 is 9.88 Å². The Morgan fingerprint density at radius 2 is 1.76 bits per heavy atom. The molecular weight excluding hydrogens is 380 g/mol. The monoisotopic (exact) mass is 408 g/mol. The molecule has 0 saturated carbocycles. The molecule has 2 aromatic carbocycles. The van der Waals surface area contributed by atoms with E-state index in [1.807, 2.05) is 31.2 Å². The maximum Gasteiger partial charge on any atom is 0.234 e. The topological polar surface area (TPSA) is 59.8 Å². The van der Waals surface area contributed by atoms with Crippen molar-refractivity contribution >= 4 is 23.4 Å². The zero-order valence-electron chi connectivity index (χ0n) is 17.7. The molecule has 29 heavy (non-hydrogen) atoms. The summed E-state index contributed by atoms with van der Waals surface area (Å²) in [6.07, 6.45) is 0. The standard InChI is InChI=1S/C23H28N4OS/c1-6-27-21(17-11-13-18(14-12-17)23(3,4)5)25-26-22(27)29-15-20(28)24-19-10-8-7-9-16(19)2/h7-14H,6,15H2,1-5H3,(H,24,28). The van der Waals surface area contributed by atoms with Crippen molar-refractivity contribution in [2.45, 2.75) is 51.7 Å². The molecule has 5 nitrogen and oxygen atoms in total. The number of carbonyl (C=O) groups is 1. The number of hydrogen-bond donors (Lipinski definition) is 1. The van der Waals surface area contributed by atoms with Gasteiger partial charge >= 0.3 is 0 Å². The van der Waals surface area contributed by atoms with Gasteiger partial charge in [0.2, 0.25) is 5.91 Å². The van der Waals surface area contributed by atoms with Gasteiger partial charge in [-0.2, -0.15) is 0 Å². The van der Waals surface area contributed by atoms with Crippen molar-refractivity contribution in [2.75, 3.05) is 11.1 Å². The molecule has 0 fully saturated rings. The van der Waals surface area contributed by atoms with Crippen LogP contribution in [0.4, 0.5) is 5.69 Å². The molecule has 1 N–H and O–H groups in total. The van der Waals surface area contributed by atoms with Crippen LogP contribution in [0.15, 0.2) is 53.7 Å². The Balaban J connectivity index is 1.71. The Morgan fingerprint density at radius 1 is 1.07 bits per heavy atom. The molecule has 1 aromatic heterocycles. The van der Waals surface area contributed by atoms with Crippen molar-refractivity contribution in [3.05, 3.63) is 59.7 Å². The van der Waals surface area contributed by atoms with Gasteiger partial charge in [0.05, 0.1) is 5.75 Å². The van der Waals surface area contributed by atoms with Gasteiger partial charge in [0.15, 0.2) is 11.0 Å². The predicted octanol–water partition coefficient (Wildman–Crippen LogP) is 5.30. The third-order valence-corrected chi connectivity index (χ3v) is 5.76. The first kappa shape index (κ1) is 21.1. The quantitative estimate of drug-likeness (QED) is 0.562. The normalized spacial score (nSPS) is 11.5. The van der Waals surface area contributed by atoms with Crippen LogP contribution < -0.4 is 5.32 Å². The highest BCUT2D eigenvalue weighted by atomic mass is 32.2. The largest absolute Gasteiger partial charge is 0.325 e. The molecule has 152 valence electrons. The Morgan fingerprint density at radius 3 is 2.38 bits per heavy atom. The summed E-state index contributed by atoms with van der Waals surface area (Å²) in [6, 6.07) is 16.2. The smallest absolute Gasteiger partial charge is 0.234 e. The molecule has 0 unspecified atom stereocenters. The van der Waals surface area contributed by atoms with Crippen LogP contribution in [0.25, 0.3) is 11.4 Å². The van der Waals surface area contributed by atoms with Crippen LogP contribution >= 0.6 is 11.8 Å². The van der Waals surface area contributed by atoms with Gasteiger partial charge in [-0.25, -0.2) is 0 Å². The minimum absolute atomic E-state index is 0.0500. The van der Waals surface area contributed by atoms with E-state index >= 15 is 0 Å². The SMILES string of the molecule is CCn1c(SCC(=O)Nc2ccccc2C)nnc1-c1ccc(C(C)(C)C)cc1. The van der Waals surface area contributed by atoms with Crippen molar-refractivity contribution < 1.29 is 4.79 Å². The number of benzene rings is 2. The van der Waals surface area contributed by atoms with Crippen LogP contribution in [0, 0.1) is 6.92 Å². The highest BCUT2D eigenvalue weighted by Crippen LogP contribution is 2.27. The molecule has 0 bridgehead atoms. The first-order valence-corrected chi connectivity index (χ1v) is 10.8. The number of thioether (sulfide) groups is 1. The number of nitrogens with one attached hydrogen (secondary N) is 1. The summed E-state index contributed by atoms with van der Waals surface area (Å²) in [5, 5.41) is 12.4. The summed E-state index contributed by atoms with van der Waals surface area (Å²) >= 11 is 1.41. The number of hydrogen-bond acceptors (Lipinski definition) is 4. The minimum atomic E-state index is -0.0500. The molecule has 0 spiro atoms. The average Bonchev–Trinajstić information content (AvgIpc) is 3.10. The van der Waals surface area contributed by atoms with Crippen LogP contribution in [0.1, 0.15) is 38.8 Å². The van der Waals surface area contributed by atoms with E-state index in [2.05, 4.69) is 72.0 Å². The van der Waals surface area contributed by atoms with E-state index in [1.165, 1.54) is 17.3 Å². The zero-order chi connectivity index (χ0) is 21.0. The Kier molecular flexibility index (Phi) is 6.42. The molecule has 1 amide bonds. The van der Waals surface area contributed by atoms with E-state index in [1.54, 1.807) is 0 Å². The van der Waals surface area contributed by atoms with Gasteiger partial charge in [-0.05, 0) is 36.5 Å². The molecular formula is C23H28N4OS. The van der Waals surface area contributed by atoms with E-state index in [4.69, 9.17) is 0 Å². The van der Waals surface area contributed by atoms with Crippen LogP contribution in [0.5, 0.6) is 0 Å². The second-order valence-electron chi connectivity index (χ2n) is 8.03. The summed E-state index contributed by atoms with van der Waals surface area (Å²) in [5.41, 5.74) is 4.32. The molecule has 3 aromatic rings. The molecule has 0 radical (unpaired) electrons. The number of aryl methyl sites for hydroxylation is 1. The minimum Gasteiger partial charge on any atom is -0.325 e. The maximum atomic E-state index is 12.4. The van der Waals surface area contributed by atoms with E-state index in [9.17, 15) is 4.79 Å². The number of amides is 1. The van der Waals surface area contributed by atoms with Crippen molar-refractivity contribution in [1.29, 1.82) is 0 Å². The molecule has 0 atom stereocenters. The fourth-order valence-electron chi connectivity index (χ4n) is 3.04. The van der Waals surface area contributed by atoms with Crippen LogP contribution in [0.2, 0.25) is 0 Å². The van der Waals surface area contributed by atoms with Gasteiger partial charge in [0.1, 0.15) is 0 Å². The van der Waals surface area contributed by atoms with Crippen molar-refractivity contribution in [1.82, 2.24) is 14.8 Å². The predicted molar refractivity (Wildman–Crippen MR) is 120 cm³/mol. The van der Waals surface area contributed by atoms with E-state index in [0.717, 1.165) is 34.3 Å². The highest BCUT2D eigenvalue weighted by Gasteiger charge is 2.17. The van der Waals surface area contributed by atoms with Crippen molar-refractivity contribution in [3.8, 4) is 11.4 Å². The molecule has 0 aliphatic carbocycles. The van der Waals surface area contributed by atoms with Crippen molar-refractivity contribution in [3.63, 3.8) is 0 Å².